The number of fused-ring (bicyclic) bond motifs is 6. The first-order valence-electron chi connectivity index (χ1n) is 14.7. The normalized spacial score (nSPS) is 11.6. The van der Waals surface area contributed by atoms with E-state index in [0.29, 0.717) is 0 Å². The fourth-order valence-electron chi connectivity index (χ4n) is 6.38. The first kappa shape index (κ1) is 24.6. The fourth-order valence-corrected chi connectivity index (χ4v) is 6.38. The molecule has 0 aliphatic rings. The zero-order chi connectivity index (χ0) is 29.0. The third-order valence-electron chi connectivity index (χ3n) is 8.46. The summed E-state index contributed by atoms with van der Waals surface area (Å²) in [5.41, 5.74) is 10.3. The van der Waals surface area contributed by atoms with Gasteiger partial charge >= 0.3 is 0 Å². The third kappa shape index (κ3) is 3.92. The minimum Gasteiger partial charge on any atom is -0.456 e. The fraction of sp³-hybridized carbons (Fsp3) is 0. The van der Waals surface area contributed by atoms with Crippen molar-refractivity contribution in [1.29, 1.82) is 0 Å². The highest BCUT2D eigenvalue weighted by atomic mass is 16.3. The van der Waals surface area contributed by atoms with Gasteiger partial charge in [-0.2, -0.15) is 0 Å². The Labute approximate surface area is 253 Å². The third-order valence-corrected chi connectivity index (χ3v) is 8.46. The highest BCUT2D eigenvalue weighted by Gasteiger charge is 2.17. The summed E-state index contributed by atoms with van der Waals surface area (Å²) in [6, 6.07) is 50.7. The number of pyridine rings is 2. The number of rotatable bonds is 4. The van der Waals surface area contributed by atoms with Crippen molar-refractivity contribution >= 4 is 43.7 Å². The van der Waals surface area contributed by atoms with Crippen molar-refractivity contribution in [3.63, 3.8) is 0 Å². The van der Waals surface area contributed by atoms with Gasteiger partial charge in [-0.15, -0.1) is 0 Å². The average molecular weight is 564 g/mol. The Morgan fingerprint density at radius 1 is 0.432 bits per heavy atom. The van der Waals surface area contributed by atoms with E-state index in [1.807, 2.05) is 42.6 Å². The van der Waals surface area contributed by atoms with Crippen LogP contribution in [0, 0.1) is 0 Å². The number of para-hydroxylation sites is 2. The molecule has 4 nitrogen and oxygen atoms in total. The molecule has 0 amide bonds. The SMILES string of the molecule is c1ccc(-c2cc(-c3ccccn3)nc(-n3c4ccccc4c4cc(-c5ccc6oc7ccccc7c6c5)ccc43)c2)cc1. The van der Waals surface area contributed by atoms with E-state index in [2.05, 4.69) is 119 Å². The topological polar surface area (TPSA) is 43.9 Å². The summed E-state index contributed by atoms with van der Waals surface area (Å²) in [5, 5.41) is 4.63. The second kappa shape index (κ2) is 9.79. The van der Waals surface area contributed by atoms with Crippen LogP contribution in [0.25, 0.3) is 83.2 Å². The van der Waals surface area contributed by atoms with Crippen LogP contribution in [-0.4, -0.2) is 14.5 Å². The lowest BCUT2D eigenvalue weighted by atomic mass is 10.0. The highest BCUT2D eigenvalue weighted by molar-refractivity contribution is 6.11. The van der Waals surface area contributed by atoms with Gasteiger partial charge in [-0.3, -0.25) is 9.55 Å². The van der Waals surface area contributed by atoms with Gasteiger partial charge in [0.25, 0.3) is 0 Å². The summed E-state index contributed by atoms with van der Waals surface area (Å²) in [7, 11) is 0. The number of hydrogen-bond donors (Lipinski definition) is 0. The Kier molecular flexibility index (Phi) is 5.47. The lowest BCUT2D eigenvalue weighted by Gasteiger charge is -2.12. The summed E-state index contributed by atoms with van der Waals surface area (Å²) in [5.74, 6) is 0.859. The van der Waals surface area contributed by atoms with Gasteiger partial charge in [0.1, 0.15) is 17.0 Å². The second-order valence-corrected chi connectivity index (χ2v) is 11.1. The van der Waals surface area contributed by atoms with Crippen molar-refractivity contribution in [2.24, 2.45) is 0 Å². The maximum absolute atomic E-state index is 6.09. The smallest absolute Gasteiger partial charge is 0.138 e. The molecule has 9 rings (SSSR count). The molecule has 0 N–H and O–H groups in total. The van der Waals surface area contributed by atoms with Crippen molar-refractivity contribution in [1.82, 2.24) is 14.5 Å². The first-order valence-corrected chi connectivity index (χ1v) is 14.7. The van der Waals surface area contributed by atoms with Gasteiger partial charge in [-0.05, 0) is 82.9 Å². The van der Waals surface area contributed by atoms with Crippen LogP contribution in [0.1, 0.15) is 0 Å². The first-order chi connectivity index (χ1) is 21.8. The summed E-state index contributed by atoms with van der Waals surface area (Å²) in [6.45, 7) is 0. The average Bonchev–Trinajstić information content (AvgIpc) is 3.64. The lowest BCUT2D eigenvalue weighted by Crippen LogP contribution is -2.00. The molecule has 0 bridgehead atoms. The van der Waals surface area contributed by atoms with E-state index < -0.39 is 0 Å². The van der Waals surface area contributed by atoms with E-state index in [1.54, 1.807) is 0 Å². The molecule has 4 heteroatoms. The van der Waals surface area contributed by atoms with Crippen LogP contribution in [0.15, 0.2) is 156 Å². The zero-order valence-corrected chi connectivity index (χ0v) is 23.7. The van der Waals surface area contributed by atoms with Gasteiger partial charge in [0.05, 0.1) is 22.4 Å². The van der Waals surface area contributed by atoms with Crippen LogP contribution in [0.4, 0.5) is 0 Å². The van der Waals surface area contributed by atoms with Crippen molar-refractivity contribution in [3.05, 3.63) is 152 Å². The number of hydrogen-bond acceptors (Lipinski definition) is 3. The van der Waals surface area contributed by atoms with Crippen LogP contribution < -0.4 is 0 Å². The van der Waals surface area contributed by atoms with E-state index in [-0.39, 0.29) is 0 Å². The molecule has 0 unspecified atom stereocenters. The lowest BCUT2D eigenvalue weighted by molar-refractivity contribution is 0.669. The number of nitrogens with zero attached hydrogens (tertiary/aromatic N) is 3. The van der Waals surface area contributed by atoms with Crippen LogP contribution in [0.3, 0.4) is 0 Å². The van der Waals surface area contributed by atoms with Crippen molar-refractivity contribution in [2.45, 2.75) is 0 Å². The van der Waals surface area contributed by atoms with Gasteiger partial charge in [0, 0.05) is 27.7 Å². The molecule has 5 aromatic carbocycles. The molecule has 206 valence electrons. The number of aromatic nitrogens is 3. The number of furan rings is 1. The molecule has 9 aromatic rings. The van der Waals surface area contributed by atoms with Gasteiger partial charge in [-0.25, -0.2) is 4.98 Å². The highest BCUT2D eigenvalue weighted by Crippen LogP contribution is 2.38. The Hall–Kier alpha value is -6.00. The predicted molar refractivity (Wildman–Crippen MR) is 180 cm³/mol. The Morgan fingerprint density at radius 2 is 1.14 bits per heavy atom. The van der Waals surface area contributed by atoms with Crippen molar-refractivity contribution in [3.8, 4) is 39.5 Å². The molecule has 0 radical (unpaired) electrons. The molecule has 0 saturated carbocycles. The second-order valence-electron chi connectivity index (χ2n) is 11.1. The van der Waals surface area contributed by atoms with E-state index >= 15 is 0 Å². The minimum atomic E-state index is 0.838. The molecule has 0 saturated heterocycles. The van der Waals surface area contributed by atoms with E-state index in [1.165, 1.54) is 10.8 Å². The molecule has 0 spiro atoms. The molecule has 0 aliphatic carbocycles. The van der Waals surface area contributed by atoms with Crippen molar-refractivity contribution < 1.29 is 4.42 Å². The van der Waals surface area contributed by atoms with E-state index in [0.717, 1.165) is 72.4 Å². The number of benzene rings is 5. The quantitative estimate of drug-likeness (QED) is 0.214. The van der Waals surface area contributed by atoms with Gasteiger partial charge in [-0.1, -0.05) is 84.9 Å². The van der Waals surface area contributed by atoms with Crippen molar-refractivity contribution in [2.75, 3.05) is 0 Å². The molecule has 0 atom stereocenters. The van der Waals surface area contributed by atoms with Crippen LogP contribution in [-0.2, 0) is 0 Å². The summed E-state index contributed by atoms with van der Waals surface area (Å²) in [6.07, 6.45) is 1.82. The predicted octanol–water partition coefficient (Wildman–Crippen LogP) is 10.5. The molecule has 0 aliphatic heterocycles. The van der Waals surface area contributed by atoms with Crippen LogP contribution in [0.2, 0.25) is 0 Å². The minimum absolute atomic E-state index is 0.838. The molecular formula is C40H25N3O. The standard InChI is InChI=1S/C40H25N3O/c1-2-10-26(11-3-1)29-24-35(34-14-8-9-21-41-34)42-40(25-29)43-36-15-6-4-12-30(36)32-22-27(17-19-37(32)43)28-18-20-39-33(23-28)31-13-5-7-16-38(31)44-39/h1-25H. The zero-order valence-electron chi connectivity index (χ0n) is 23.7. The summed E-state index contributed by atoms with van der Waals surface area (Å²) >= 11 is 0. The molecule has 4 aromatic heterocycles. The Morgan fingerprint density at radius 3 is 2.00 bits per heavy atom. The summed E-state index contributed by atoms with van der Waals surface area (Å²) < 4.78 is 8.37. The Balaban J connectivity index is 1.27. The largest absolute Gasteiger partial charge is 0.456 e. The molecule has 44 heavy (non-hydrogen) atoms. The maximum atomic E-state index is 6.09. The Bertz CT molecular complexity index is 2430. The monoisotopic (exact) mass is 563 g/mol. The summed E-state index contributed by atoms with van der Waals surface area (Å²) in [4.78, 5) is 9.83. The molecular weight excluding hydrogens is 538 g/mol. The van der Waals surface area contributed by atoms with Gasteiger partial charge < -0.3 is 4.42 Å². The van der Waals surface area contributed by atoms with Gasteiger partial charge in [0.15, 0.2) is 0 Å². The molecule has 4 heterocycles. The van der Waals surface area contributed by atoms with E-state index in [4.69, 9.17) is 9.40 Å². The maximum Gasteiger partial charge on any atom is 0.138 e. The molecule has 0 fully saturated rings. The van der Waals surface area contributed by atoms with Gasteiger partial charge in [0.2, 0.25) is 0 Å². The van der Waals surface area contributed by atoms with E-state index in [9.17, 15) is 0 Å². The van der Waals surface area contributed by atoms with Crippen LogP contribution >= 0.6 is 0 Å². The van der Waals surface area contributed by atoms with Crippen LogP contribution in [0.5, 0.6) is 0 Å².